The number of amides is 2. The zero-order valence-electron chi connectivity index (χ0n) is 12.4. The summed E-state index contributed by atoms with van der Waals surface area (Å²) in [5.41, 5.74) is -1.07. The number of carboxylic acid groups (broad SMARTS) is 1. The number of aliphatic carboxylic acids is 1. The van der Waals surface area contributed by atoms with Gasteiger partial charge in [-0.3, -0.25) is 0 Å². The van der Waals surface area contributed by atoms with E-state index in [1.165, 1.54) is 0 Å². The van der Waals surface area contributed by atoms with Gasteiger partial charge in [0.2, 0.25) is 0 Å². The fourth-order valence-corrected chi connectivity index (χ4v) is 3.15. The molecule has 2 fully saturated rings. The van der Waals surface area contributed by atoms with Crippen LogP contribution in [-0.2, 0) is 4.79 Å². The number of carbonyl (C=O) groups excluding carboxylic acids is 1. The monoisotopic (exact) mass is 282 g/mol. The number of nitrogens with one attached hydrogen (secondary N) is 2. The lowest BCUT2D eigenvalue weighted by atomic mass is 9.75. The summed E-state index contributed by atoms with van der Waals surface area (Å²) in [5.74, 6) is 0.261. The molecule has 0 aromatic rings. The highest BCUT2D eigenvalue weighted by atomic mass is 16.4. The van der Waals surface area contributed by atoms with Crippen molar-refractivity contribution >= 4 is 12.0 Å². The highest BCUT2D eigenvalue weighted by molar-refractivity contribution is 5.86. The third kappa shape index (κ3) is 3.44. The van der Waals surface area contributed by atoms with Crippen LogP contribution in [0.5, 0.6) is 0 Å². The third-order valence-electron chi connectivity index (χ3n) is 4.99. The van der Waals surface area contributed by atoms with Crippen LogP contribution in [0.2, 0.25) is 0 Å². The standard InChI is InChI=1S/C15H26N2O3/c1-3-11-6-8-15(9-7-11,13(18)19)17-14(20)16-10(2)12-4-5-12/h10-12H,3-9H2,1-2H3,(H,18,19)(H2,16,17,20). The van der Waals surface area contributed by atoms with Gasteiger partial charge in [0.05, 0.1) is 0 Å². The van der Waals surface area contributed by atoms with Gasteiger partial charge in [-0.1, -0.05) is 13.3 Å². The molecule has 0 aromatic carbocycles. The van der Waals surface area contributed by atoms with Crippen LogP contribution in [-0.4, -0.2) is 28.7 Å². The summed E-state index contributed by atoms with van der Waals surface area (Å²) in [5, 5.41) is 15.1. The van der Waals surface area contributed by atoms with Gasteiger partial charge in [-0.25, -0.2) is 9.59 Å². The lowest BCUT2D eigenvalue weighted by molar-refractivity contribution is -0.146. The van der Waals surface area contributed by atoms with Crippen LogP contribution in [0.25, 0.3) is 0 Å². The SMILES string of the molecule is CCC1CCC(NC(=O)NC(C)C2CC2)(C(=O)O)CC1. The number of hydrogen-bond donors (Lipinski definition) is 3. The Morgan fingerprint density at radius 3 is 2.30 bits per heavy atom. The van der Waals surface area contributed by atoms with Crippen molar-refractivity contribution in [1.29, 1.82) is 0 Å². The fraction of sp³-hybridized carbons (Fsp3) is 0.867. The highest BCUT2D eigenvalue weighted by Gasteiger charge is 2.43. The van der Waals surface area contributed by atoms with Gasteiger partial charge in [-0.2, -0.15) is 0 Å². The fourth-order valence-electron chi connectivity index (χ4n) is 3.15. The van der Waals surface area contributed by atoms with Crippen LogP contribution >= 0.6 is 0 Å². The first-order valence-electron chi connectivity index (χ1n) is 7.79. The average Bonchev–Trinajstić information content (AvgIpc) is 3.23. The highest BCUT2D eigenvalue weighted by Crippen LogP contribution is 2.34. The Labute approximate surface area is 120 Å². The molecule has 1 unspecified atom stereocenters. The molecule has 2 aliphatic carbocycles. The molecule has 0 spiro atoms. The van der Waals surface area contributed by atoms with E-state index >= 15 is 0 Å². The molecule has 2 amide bonds. The summed E-state index contributed by atoms with van der Waals surface area (Å²) in [6.07, 6.45) is 6.22. The molecule has 0 bridgehead atoms. The van der Waals surface area contributed by atoms with Crippen molar-refractivity contribution in [2.24, 2.45) is 11.8 Å². The van der Waals surface area contributed by atoms with Gasteiger partial charge in [0.1, 0.15) is 5.54 Å². The van der Waals surface area contributed by atoms with Gasteiger partial charge in [0, 0.05) is 6.04 Å². The number of carbonyl (C=O) groups is 2. The summed E-state index contributed by atoms with van der Waals surface area (Å²) >= 11 is 0. The predicted octanol–water partition coefficient (Wildman–Crippen LogP) is 2.51. The molecule has 2 saturated carbocycles. The van der Waals surface area contributed by atoms with Crippen LogP contribution < -0.4 is 10.6 Å². The van der Waals surface area contributed by atoms with Crippen molar-refractivity contribution < 1.29 is 14.7 Å². The summed E-state index contributed by atoms with van der Waals surface area (Å²) < 4.78 is 0. The lowest BCUT2D eigenvalue weighted by Crippen LogP contribution is -2.59. The predicted molar refractivity (Wildman–Crippen MR) is 76.5 cm³/mol. The maximum Gasteiger partial charge on any atom is 0.329 e. The largest absolute Gasteiger partial charge is 0.480 e. The van der Waals surface area contributed by atoms with E-state index in [4.69, 9.17) is 0 Å². The smallest absolute Gasteiger partial charge is 0.329 e. The molecular weight excluding hydrogens is 256 g/mol. The van der Waals surface area contributed by atoms with Crippen molar-refractivity contribution in [3.63, 3.8) is 0 Å². The van der Waals surface area contributed by atoms with Crippen molar-refractivity contribution in [1.82, 2.24) is 10.6 Å². The first-order chi connectivity index (χ1) is 9.47. The van der Waals surface area contributed by atoms with E-state index in [9.17, 15) is 14.7 Å². The van der Waals surface area contributed by atoms with Crippen molar-refractivity contribution in [3.05, 3.63) is 0 Å². The molecule has 0 radical (unpaired) electrons. The Balaban J connectivity index is 1.91. The van der Waals surface area contributed by atoms with E-state index in [1.54, 1.807) is 0 Å². The summed E-state index contributed by atoms with van der Waals surface area (Å²) in [6.45, 7) is 4.12. The lowest BCUT2D eigenvalue weighted by Gasteiger charge is -2.37. The minimum Gasteiger partial charge on any atom is -0.480 e. The van der Waals surface area contributed by atoms with Gasteiger partial charge in [-0.05, 0) is 57.3 Å². The Bertz CT molecular complexity index is 371. The molecular formula is C15H26N2O3. The molecule has 0 saturated heterocycles. The number of rotatable bonds is 5. The van der Waals surface area contributed by atoms with Crippen LogP contribution in [0.4, 0.5) is 4.79 Å². The van der Waals surface area contributed by atoms with Crippen molar-refractivity contribution in [3.8, 4) is 0 Å². The molecule has 2 rings (SSSR count). The number of carboxylic acids is 1. The molecule has 5 nitrogen and oxygen atoms in total. The molecule has 0 aliphatic heterocycles. The van der Waals surface area contributed by atoms with E-state index in [0.29, 0.717) is 24.7 Å². The third-order valence-corrected chi connectivity index (χ3v) is 4.99. The van der Waals surface area contributed by atoms with Crippen LogP contribution in [0, 0.1) is 11.8 Å². The van der Waals surface area contributed by atoms with E-state index in [0.717, 1.165) is 32.1 Å². The normalized spacial score (nSPS) is 31.4. The van der Waals surface area contributed by atoms with Crippen LogP contribution in [0.15, 0.2) is 0 Å². The van der Waals surface area contributed by atoms with Gasteiger partial charge >= 0.3 is 12.0 Å². The molecule has 1 atom stereocenters. The zero-order chi connectivity index (χ0) is 14.8. The Hall–Kier alpha value is -1.26. The zero-order valence-corrected chi connectivity index (χ0v) is 12.4. The molecule has 5 heteroatoms. The Morgan fingerprint density at radius 2 is 1.85 bits per heavy atom. The Morgan fingerprint density at radius 1 is 1.25 bits per heavy atom. The maximum absolute atomic E-state index is 12.0. The number of hydrogen-bond acceptors (Lipinski definition) is 2. The van der Waals surface area contributed by atoms with E-state index in [2.05, 4.69) is 17.6 Å². The molecule has 3 N–H and O–H groups in total. The Kier molecular flexibility index (Phi) is 4.55. The summed E-state index contributed by atoms with van der Waals surface area (Å²) in [4.78, 5) is 23.6. The molecule has 0 aromatic heterocycles. The molecule has 0 heterocycles. The van der Waals surface area contributed by atoms with Crippen molar-refractivity contribution in [2.45, 2.75) is 70.4 Å². The van der Waals surface area contributed by atoms with Gasteiger partial charge < -0.3 is 15.7 Å². The maximum atomic E-state index is 12.0. The quantitative estimate of drug-likeness (QED) is 0.725. The van der Waals surface area contributed by atoms with Gasteiger partial charge in [-0.15, -0.1) is 0 Å². The van der Waals surface area contributed by atoms with Crippen molar-refractivity contribution in [2.75, 3.05) is 0 Å². The minimum absolute atomic E-state index is 0.132. The first kappa shape index (κ1) is 15.1. The first-order valence-corrected chi connectivity index (χ1v) is 7.79. The summed E-state index contributed by atoms with van der Waals surface area (Å²) in [7, 11) is 0. The topological polar surface area (TPSA) is 78.4 Å². The van der Waals surface area contributed by atoms with E-state index < -0.39 is 11.5 Å². The van der Waals surface area contributed by atoms with E-state index in [1.807, 2.05) is 6.92 Å². The minimum atomic E-state index is -1.07. The van der Waals surface area contributed by atoms with Crippen LogP contribution in [0.1, 0.15) is 58.8 Å². The van der Waals surface area contributed by atoms with Crippen LogP contribution in [0.3, 0.4) is 0 Å². The molecule has 2 aliphatic rings. The number of urea groups is 1. The van der Waals surface area contributed by atoms with E-state index in [-0.39, 0.29) is 12.1 Å². The van der Waals surface area contributed by atoms with Gasteiger partial charge in [0.15, 0.2) is 0 Å². The second-order valence-corrected chi connectivity index (χ2v) is 6.46. The van der Waals surface area contributed by atoms with Gasteiger partial charge in [0.25, 0.3) is 0 Å². The summed E-state index contributed by atoms with van der Waals surface area (Å²) in [6, 6.07) is -0.199. The second kappa shape index (κ2) is 6.02. The molecule has 114 valence electrons. The molecule has 20 heavy (non-hydrogen) atoms. The second-order valence-electron chi connectivity index (χ2n) is 6.46. The average molecular weight is 282 g/mol.